The lowest BCUT2D eigenvalue weighted by Crippen LogP contribution is -2.50. The van der Waals surface area contributed by atoms with Gasteiger partial charge in [-0.15, -0.1) is 0 Å². The number of piperazine rings is 1. The molecule has 21 heavy (non-hydrogen) atoms. The average molecular weight is 294 g/mol. The van der Waals surface area contributed by atoms with Gasteiger partial charge in [-0.2, -0.15) is 0 Å². The van der Waals surface area contributed by atoms with E-state index in [9.17, 15) is 9.59 Å². The van der Waals surface area contributed by atoms with E-state index in [0.29, 0.717) is 37.6 Å². The number of nitrogens with zero attached hydrogens (tertiary/aromatic N) is 3. The molecule has 0 spiro atoms. The molecular formula is C14H22N4O3. The lowest BCUT2D eigenvalue weighted by atomic mass is 10.2. The van der Waals surface area contributed by atoms with Crippen LogP contribution in [0.3, 0.4) is 0 Å². The Morgan fingerprint density at radius 2 is 2.05 bits per heavy atom. The zero-order valence-electron chi connectivity index (χ0n) is 12.6. The first kappa shape index (κ1) is 15.5. The molecule has 1 N–H and O–H groups in total. The van der Waals surface area contributed by atoms with Gasteiger partial charge in [0.05, 0.1) is 6.54 Å². The highest BCUT2D eigenvalue weighted by Crippen LogP contribution is 2.08. The van der Waals surface area contributed by atoms with Crippen molar-refractivity contribution >= 4 is 17.6 Å². The maximum Gasteiger partial charge on any atom is 0.239 e. The van der Waals surface area contributed by atoms with Gasteiger partial charge in [-0.1, -0.05) is 12.1 Å². The summed E-state index contributed by atoms with van der Waals surface area (Å²) in [5.41, 5.74) is 0. The average Bonchev–Trinajstić information content (AvgIpc) is 2.85. The summed E-state index contributed by atoms with van der Waals surface area (Å²) in [6.07, 6.45) is 1.48. The maximum absolute atomic E-state index is 11.9. The van der Waals surface area contributed by atoms with Gasteiger partial charge < -0.3 is 14.7 Å². The van der Waals surface area contributed by atoms with Crippen LogP contribution in [0.2, 0.25) is 0 Å². The molecule has 1 saturated heterocycles. The minimum Gasteiger partial charge on any atom is -0.360 e. The van der Waals surface area contributed by atoms with Crippen molar-refractivity contribution in [2.24, 2.45) is 0 Å². The van der Waals surface area contributed by atoms with Gasteiger partial charge in [-0.05, 0) is 13.3 Å². The number of amides is 2. The van der Waals surface area contributed by atoms with Gasteiger partial charge in [0, 0.05) is 38.7 Å². The number of anilines is 1. The van der Waals surface area contributed by atoms with Crippen LogP contribution in [0.15, 0.2) is 10.6 Å². The summed E-state index contributed by atoms with van der Waals surface area (Å²) in [5.74, 6) is 1.19. The molecule has 0 aromatic carbocycles. The third kappa shape index (κ3) is 4.56. The van der Waals surface area contributed by atoms with Gasteiger partial charge in [0.15, 0.2) is 5.82 Å². The molecule has 0 bridgehead atoms. The largest absolute Gasteiger partial charge is 0.360 e. The van der Waals surface area contributed by atoms with E-state index < -0.39 is 0 Å². The van der Waals surface area contributed by atoms with E-state index in [1.54, 1.807) is 13.0 Å². The molecular weight excluding hydrogens is 272 g/mol. The fourth-order valence-electron chi connectivity index (χ4n) is 2.34. The second-order valence-corrected chi connectivity index (χ2v) is 5.28. The molecule has 1 aromatic rings. The smallest absolute Gasteiger partial charge is 0.239 e. The molecule has 1 aromatic heterocycles. The summed E-state index contributed by atoms with van der Waals surface area (Å²) in [7, 11) is 0. The predicted molar refractivity (Wildman–Crippen MR) is 77.8 cm³/mol. The van der Waals surface area contributed by atoms with Gasteiger partial charge in [0.2, 0.25) is 11.8 Å². The molecule has 1 fully saturated rings. The van der Waals surface area contributed by atoms with Crippen LogP contribution < -0.4 is 5.32 Å². The van der Waals surface area contributed by atoms with Crippen molar-refractivity contribution in [2.45, 2.75) is 26.7 Å². The lowest BCUT2D eigenvalue weighted by molar-refractivity contribution is -0.133. The molecule has 0 aliphatic carbocycles. The van der Waals surface area contributed by atoms with E-state index in [2.05, 4.69) is 10.5 Å². The molecule has 0 atom stereocenters. The number of hydrogen-bond donors (Lipinski definition) is 1. The van der Waals surface area contributed by atoms with Crippen LogP contribution in [-0.4, -0.2) is 59.5 Å². The number of nitrogens with one attached hydrogen (secondary N) is 1. The molecule has 0 unspecified atom stereocenters. The number of rotatable bonds is 5. The Hall–Kier alpha value is -1.89. The minimum absolute atomic E-state index is 0.114. The zero-order valence-corrected chi connectivity index (χ0v) is 12.6. The van der Waals surface area contributed by atoms with Crippen molar-refractivity contribution in [3.63, 3.8) is 0 Å². The molecule has 0 saturated carbocycles. The van der Waals surface area contributed by atoms with Crippen molar-refractivity contribution < 1.29 is 14.1 Å². The first-order valence-corrected chi connectivity index (χ1v) is 7.31. The fourth-order valence-corrected chi connectivity index (χ4v) is 2.34. The van der Waals surface area contributed by atoms with Crippen LogP contribution in [0.1, 0.15) is 25.5 Å². The summed E-state index contributed by atoms with van der Waals surface area (Å²) in [4.78, 5) is 27.6. The second-order valence-electron chi connectivity index (χ2n) is 5.28. The van der Waals surface area contributed by atoms with Crippen molar-refractivity contribution in [3.8, 4) is 0 Å². The third-order valence-corrected chi connectivity index (χ3v) is 3.45. The summed E-state index contributed by atoms with van der Waals surface area (Å²) < 4.78 is 4.90. The summed E-state index contributed by atoms with van der Waals surface area (Å²) in [6, 6.07) is 1.68. The van der Waals surface area contributed by atoms with E-state index in [0.717, 1.165) is 19.5 Å². The molecule has 7 heteroatoms. The summed E-state index contributed by atoms with van der Waals surface area (Å²) in [5, 5.41) is 6.42. The van der Waals surface area contributed by atoms with Crippen molar-refractivity contribution in [2.75, 3.05) is 38.0 Å². The highest BCUT2D eigenvalue weighted by atomic mass is 16.5. The van der Waals surface area contributed by atoms with Gasteiger partial charge in [0.25, 0.3) is 0 Å². The van der Waals surface area contributed by atoms with Crippen molar-refractivity contribution in [3.05, 3.63) is 11.8 Å². The Labute approximate surface area is 124 Å². The molecule has 7 nitrogen and oxygen atoms in total. The van der Waals surface area contributed by atoms with Crippen molar-refractivity contribution in [1.29, 1.82) is 0 Å². The monoisotopic (exact) mass is 294 g/mol. The van der Waals surface area contributed by atoms with E-state index in [-0.39, 0.29) is 11.8 Å². The lowest BCUT2D eigenvalue weighted by Gasteiger charge is -2.34. The van der Waals surface area contributed by atoms with Gasteiger partial charge >= 0.3 is 0 Å². The Morgan fingerprint density at radius 1 is 1.33 bits per heavy atom. The molecule has 1 aliphatic heterocycles. The summed E-state index contributed by atoms with van der Waals surface area (Å²) in [6.45, 7) is 6.91. The van der Waals surface area contributed by atoms with Gasteiger partial charge in [0.1, 0.15) is 5.76 Å². The zero-order chi connectivity index (χ0) is 15.2. The van der Waals surface area contributed by atoms with Gasteiger partial charge in [-0.25, -0.2) is 0 Å². The molecule has 2 rings (SSSR count). The van der Waals surface area contributed by atoms with Crippen LogP contribution in [0, 0.1) is 6.92 Å². The number of aryl methyl sites for hydroxylation is 1. The number of aromatic nitrogens is 1. The molecule has 0 radical (unpaired) electrons. The Kier molecular flexibility index (Phi) is 5.32. The van der Waals surface area contributed by atoms with Crippen LogP contribution in [-0.2, 0) is 9.59 Å². The van der Waals surface area contributed by atoms with Gasteiger partial charge in [-0.3, -0.25) is 14.5 Å². The van der Waals surface area contributed by atoms with Crippen LogP contribution in [0.25, 0.3) is 0 Å². The van der Waals surface area contributed by atoms with Crippen molar-refractivity contribution in [1.82, 2.24) is 15.0 Å². The molecule has 1 aliphatic rings. The Balaban J connectivity index is 1.73. The van der Waals surface area contributed by atoms with E-state index in [1.165, 1.54) is 0 Å². The maximum atomic E-state index is 11.9. The molecule has 2 heterocycles. The minimum atomic E-state index is -0.114. The highest BCUT2D eigenvalue weighted by Gasteiger charge is 2.22. The first-order chi connectivity index (χ1) is 10.1. The van der Waals surface area contributed by atoms with E-state index >= 15 is 0 Å². The third-order valence-electron chi connectivity index (χ3n) is 3.45. The predicted octanol–water partition coefficient (Wildman–Crippen LogP) is 0.866. The van der Waals surface area contributed by atoms with E-state index in [4.69, 9.17) is 4.52 Å². The number of hydrogen-bond acceptors (Lipinski definition) is 5. The Morgan fingerprint density at radius 3 is 2.62 bits per heavy atom. The van der Waals surface area contributed by atoms with Crippen LogP contribution >= 0.6 is 0 Å². The fraction of sp³-hybridized carbons (Fsp3) is 0.643. The molecule has 116 valence electrons. The topological polar surface area (TPSA) is 78.7 Å². The first-order valence-electron chi connectivity index (χ1n) is 7.31. The van der Waals surface area contributed by atoms with E-state index in [1.807, 2.05) is 16.7 Å². The second kappa shape index (κ2) is 7.21. The Bertz CT molecular complexity index is 492. The quantitative estimate of drug-likeness (QED) is 0.871. The standard InChI is InChI=1S/C14H22N4O3/c1-3-4-14(20)18-7-5-17(6-8-18)10-13(19)15-12-9-11(2)21-16-12/h9H,3-8,10H2,1-2H3,(H,15,16,19). The molecule has 2 amide bonds. The van der Waals surface area contributed by atoms with Crippen LogP contribution in [0.4, 0.5) is 5.82 Å². The number of carbonyl (C=O) groups is 2. The highest BCUT2D eigenvalue weighted by molar-refractivity contribution is 5.91. The normalized spacial score (nSPS) is 16.0. The van der Waals surface area contributed by atoms with Crippen LogP contribution in [0.5, 0.6) is 0 Å². The SMILES string of the molecule is CCCC(=O)N1CCN(CC(=O)Nc2cc(C)on2)CC1. The summed E-state index contributed by atoms with van der Waals surface area (Å²) >= 11 is 0. The number of carbonyl (C=O) groups excluding carboxylic acids is 2.